The van der Waals surface area contributed by atoms with E-state index in [1.165, 1.54) is 11.1 Å². The lowest BCUT2D eigenvalue weighted by atomic mass is 9.98. The van der Waals surface area contributed by atoms with Crippen LogP contribution in [0.4, 0.5) is 0 Å². The van der Waals surface area contributed by atoms with Crippen molar-refractivity contribution in [3.8, 4) is 5.75 Å². The molecule has 0 aliphatic rings. The number of hydrogen-bond donors (Lipinski definition) is 1. The summed E-state index contributed by atoms with van der Waals surface area (Å²) in [6, 6.07) is 6.41. The molecule has 0 saturated carbocycles. The Balaban J connectivity index is 2.18. The first-order chi connectivity index (χ1) is 9.65. The van der Waals surface area contributed by atoms with E-state index in [9.17, 15) is 0 Å². The van der Waals surface area contributed by atoms with E-state index in [1.54, 1.807) is 7.11 Å². The van der Waals surface area contributed by atoms with Gasteiger partial charge in [0, 0.05) is 13.7 Å². The van der Waals surface area contributed by atoms with Crippen LogP contribution in [0, 0.1) is 6.92 Å². The lowest BCUT2D eigenvalue weighted by Gasteiger charge is -2.12. The zero-order valence-corrected chi connectivity index (χ0v) is 13.4. The van der Waals surface area contributed by atoms with Gasteiger partial charge in [-0.05, 0) is 55.5 Å². The minimum Gasteiger partial charge on any atom is -0.494 e. The molecule has 0 heterocycles. The van der Waals surface area contributed by atoms with Crippen molar-refractivity contribution < 1.29 is 9.47 Å². The molecule has 0 saturated heterocycles. The second-order valence-electron chi connectivity index (χ2n) is 5.47. The molecule has 0 spiro atoms. The van der Waals surface area contributed by atoms with Crippen LogP contribution in [-0.2, 0) is 4.74 Å². The molecule has 0 aliphatic carbocycles. The maximum absolute atomic E-state index is 5.80. The Morgan fingerprint density at radius 2 is 1.90 bits per heavy atom. The Labute approximate surface area is 123 Å². The third kappa shape index (κ3) is 6.40. The van der Waals surface area contributed by atoms with Crippen LogP contribution in [0.2, 0.25) is 0 Å². The molecular weight excluding hydrogens is 250 g/mol. The summed E-state index contributed by atoms with van der Waals surface area (Å²) < 4.78 is 10.8. The molecule has 3 nitrogen and oxygen atoms in total. The largest absolute Gasteiger partial charge is 0.494 e. The average Bonchev–Trinajstić information content (AvgIpc) is 2.41. The summed E-state index contributed by atoms with van der Waals surface area (Å²) in [5, 5.41) is 3.33. The van der Waals surface area contributed by atoms with Crippen LogP contribution in [0.3, 0.4) is 0 Å². The van der Waals surface area contributed by atoms with Gasteiger partial charge in [0.2, 0.25) is 0 Å². The highest BCUT2D eigenvalue weighted by molar-refractivity contribution is 5.36. The summed E-state index contributed by atoms with van der Waals surface area (Å²) in [5.41, 5.74) is 2.72. The maximum atomic E-state index is 5.80. The van der Waals surface area contributed by atoms with Crippen molar-refractivity contribution in [2.45, 2.75) is 39.5 Å². The quantitative estimate of drug-likeness (QED) is 0.665. The lowest BCUT2D eigenvalue weighted by molar-refractivity contribution is 0.199. The molecule has 0 aliphatic heterocycles. The highest BCUT2D eigenvalue weighted by Crippen LogP contribution is 2.23. The van der Waals surface area contributed by atoms with E-state index < -0.39 is 0 Å². The van der Waals surface area contributed by atoms with Crippen LogP contribution in [-0.4, -0.2) is 33.4 Å². The van der Waals surface area contributed by atoms with E-state index in [-0.39, 0.29) is 0 Å². The van der Waals surface area contributed by atoms with E-state index in [0.29, 0.717) is 5.92 Å². The number of aryl methyl sites for hydroxylation is 1. The summed E-state index contributed by atoms with van der Waals surface area (Å²) in [6.45, 7) is 10.1. The molecule has 0 bridgehead atoms. The van der Waals surface area contributed by atoms with E-state index in [4.69, 9.17) is 9.47 Å². The first kappa shape index (κ1) is 17.0. The molecule has 1 aromatic carbocycles. The molecule has 0 amide bonds. The van der Waals surface area contributed by atoms with Crippen LogP contribution in [0.15, 0.2) is 18.2 Å². The molecular formula is C17H29NO2. The normalized spacial score (nSPS) is 11.1. The van der Waals surface area contributed by atoms with Gasteiger partial charge in [-0.15, -0.1) is 0 Å². The maximum Gasteiger partial charge on any atom is 0.119 e. The summed E-state index contributed by atoms with van der Waals surface area (Å²) in [6.07, 6.45) is 2.21. The van der Waals surface area contributed by atoms with Crippen molar-refractivity contribution in [1.29, 1.82) is 0 Å². The predicted octanol–water partition coefficient (Wildman–Crippen LogP) is 3.51. The van der Waals surface area contributed by atoms with Crippen molar-refractivity contribution in [2.24, 2.45) is 0 Å². The van der Waals surface area contributed by atoms with Crippen LogP contribution >= 0.6 is 0 Å². The zero-order chi connectivity index (χ0) is 14.8. The zero-order valence-electron chi connectivity index (χ0n) is 13.4. The number of rotatable bonds is 10. The topological polar surface area (TPSA) is 30.5 Å². The third-order valence-corrected chi connectivity index (χ3v) is 3.36. The fourth-order valence-corrected chi connectivity index (χ4v) is 2.23. The van der Waals surface area contributed by atoms with Gasteiger partial charge in [0.15, 0.2) is 0 Å². The fourth-order valence-electron chi connectivity index (χ4n) is 2.23. The monoisotopic (exact) mass is 279 g/mol. The number of unbranched alkanes of at least 4 members (excludes halogenated alkanes) is 1. The van der Waals surface area contributed by atoms with Gasteiger partial charge in [-0.25, -0.2) is 0 Å². The number of benzene rings is 1. The van der Waals surface area contributed by atoms with Gasteiger partial charge >= 0.3 is 0 Å². The van der Waals surface area contributed by atoms with Crippen LogP contribution in [0.25, 0.3) is 0 Å². The van der Waals surface area contributed by atoms with Gasteiger partial charge in [-0.1, -0.05) is 19.9 Å². The van der Waals surface area contributed by atoms with Crippen LogP contribution < -0.4 is 10.1 Å². The molecule has 0 fully saturated rings. The molecule has 0 atom stereocenters. The van der Waals surface area contributed by atoms with Gasteiger partial charge in [-0.3, -0.25) is 0 Å². The molecule has 0 unspecified atom stereocenters. The van der Waals surface area contributed by atoms with Crippen molar-refractivity contribution in [3.05, 3.63) is 29.3 Å². The Bertz CT molecular complexity index is 377. The standard InChI is InChI=1S/C17H29NO2/c1-14(2)17-8-7-16(13-15(17)3)20-11-6-5-9-18-10-12-19-4/h7-8,13-14,18H,5-6,9-12H2,1-4H3. The second-order valence-corrected chi connectivity index (χ2v) is 5.47. The summed E-state index contributed by atoms with van der Waals surface area (Å²) in [7, 11) is 1.72. The van der Waals surface area contributed by atoms with Gasteiger partial charge < -0.3 is 14.8 Å². The predicted molar refractivity (Wildman–Crippen MR) is 84.7 cm³/mol. The third-order valence-electron chi connectivity index (χ3n) is 3.36. The number of methoxy groups -OCH3 is 1. The molecule has 3 heteroatoms. The molecule has 0 radical (unpaired) electrons. The van der Waals surface area contributed by atoms with Crippen molar-refractivity contribution >= 4 is 0 Å². The minimum absolute atomic E-state index is 0.572. The molecule has 114 valence electrons. The number of nitrogens with one attached hydrogen (secondary N) is 1. The Kier molecular flexibility index (Phi) is 8.31. The summed E-state index contributed by atoms with van der Waals surface area (Å²) in [4.78, 5) is 0. The van der Waals surface area contributed by atoms with E-state index in [0.717, 1.165) is 44.9 Å². The Morgan fingerprint density at radius 1 is 1.10 bits per heavy atom. The first-order valence-corrected chi connectivity index (χ1v) is 7.58. The number of hydrogen-bond acceptors (Lipinski definition) is 3. The van der Waals surface area contributed by atoms with Crippen molar-refractivity contribution in [3.63, 3.8) is 0 Å². The van der Waals surface area contributed by atoms with Crippen LogP contribution in [0.1, 0.15) is 43.7 Å². The van der Waals surface area contributed by atoms with Gasteiger partial charge in [-0.2, -0.15) is 0 Å². The molecule has 1 aromatic rings. The van der Waals surface area contributed by atoms with E-state index in [1.807, 2.05) is 0 Å². The molecule has 1 N–H and O–H groups in total. The van der Waals surface area contributed by atoms with Gasteiger partial charge in [0.05, 0.1) is 13.2 Å². The SMILES string of the molecule is COCCNCCCCOc1ccc(C(C)C)c(C)c1. The summed E-state index contributed by atoms with van der Waals surface area (Å²) in [5.74, 6) is 1.56. The van der Waals surface area contributed by atoms with Crippen LogP contribution in [0.5, 0.6) is 5.75 Å². The highest BCUT2D eigenvalue weighted by atomic mass is 16.5. The van der Waals surface area contributed by atoms with E-state index >= 15 is 0 Å². The van der Waals surface area contributed by atoms with Crippen molar-refractivity contribution in [2.75, 3.05) is 33.4 Å². The minimum atomic E-state index is 0.572. The number of ether oxygens (including phenoxy) is 2. The molecule has 20 heavy (non-hydrogen) atoms. The average molecular weight is 279 g/mol. The summed E-state index contributed by atoms with van der Waals surface area (Å²) >= 11 is 0. The molecule has 0 aromatic heterocycles. The second kappa shape index (κ2) is 9.78. The smallest absolute Gasteiger partial charge is 0.119 e. The lowest BCUT2D eigenvalue weighted by Crippen LogP contribution is -2.20. The van der Waals surface area contributed by atoms with Gasteiger partial charge in [0.1, 0.15) is 5.75 Å². The molecule has 1 rings (SSSR count). The van der Waals surface area contributed by atoms with Crippen molar-refractivity contribution in [1.82, 2.24) is 5.32 Å². The fraction of sp³-hybridized carbons (Fsp3) is 0.647. The Hall–Kier alpha value is -1.06. The van der Waals surface area contributed by atoms with E-state index in [2.05, 4.69) is 44.3 Å². The Morgan fingerprint density at radius 3 is 2.55 bits per heavy atom. The first-order valence-electron chi connectivity index (χ1n) is 7.58. The van der Waals surface area contributed by atoms with Gasteiger partial charge in [0.25, 0.3) is 0 Å². The highest BCUT2D eigenvalue weighted by Gasteiger charge is 2.04.